The van der Waals surface area contributed by atoms with Crippen LogP contribution < -0.4 is 5.32 Å². The Balaban J connectivity index is 2.69. The molecule has 1 rings (SSSR count). The molecular formula is C14H14N2O5. The molecule has 2 N–H and O–H groups in total. The van der Waals surface area contributed by atoms with Gasteiger partial charge in [0, 0.05) is 12.0 Å². The Morgan fingerprint density at radius 2 is 1.95 bits per heavy atom. The molecule has 1 aromatic carbocycles. The Kier molecular flexibility index (Phi) is 5.89. The van der Waals surface area contributed by atoms with Crippen LogP contribution in [0.2, 0.25) is 0 Å². The average molecular weight is 290 g/mol. The first kappa shape index (κ1) is 16.2. The second-order valence-corrected chi connectivity index (χ2v) is 4.17. The minimum atomic E-state index is -1.24. The molecule has 1 amide bonds. The summed E-state index contributed by atoms with van der Waals surface area (Å²) in [6, 6.07) is 6.49. The number of esters is 1. The van der Waals surface area contributed by atoms with Crippen LogP contribution in [0.4, 0.5) is 0 Å². The van der Waals surface area contributed by atoms with Gasteiger partial charge in [0.25, 0.3) is 5.91 Å². The highest BCUT2D eigenvalue weighted by molar-refractivity contribution is 5.96. The van der Waals surface area contributed by atoms with Crippen LogP contribution in [0, 0.1) is 11.3 Å². The number of nitrogens with one attached hydrogen (secondary N) is 1. The van der Waals surface area contributed by atoms with Gasteiger partial charge >= 0.3 is 11.9 Å². The van der Waals surface area contributed by atoms with Crippen molar-refractivity contribution in [1.82, 2.24) is 5.32 Å². The van der Waals surface area contributed by atoms with Crippen LogP contribution in [0.5, 0.6) is 0 Å². The van der Waals surface area contributed by atoms with Crippen molar-refractivity contribution in [3.05, 3.63) is 35.4 Å². The second-order valence-electron chi connectivity index (χ2n) is 4.17. The van der Waals surface area contributed by atoms with E-state index in [1.165, 1.54) is 31.4 Å². The fraction of sp³-hybridized carbons (Fsp3) is 0.286. The fourth-order valence-corrected chi connectivity index (χ4v) is 1.56. The van der Waals surface area contributed by atoms with E-state index in [9.17, 15) is 14.4 Å². The highest BCUT2D eigenvalue weighted by Gasteiger charge is 2.21. The Morgan fingerprint density at radius 1 is 1.33 bits per heavy atom. The number of ether oxygens (including phenoxy) is 1. The Hall–Kier alpha value is -2.88. The summed E-state index contributed by atoms with van der Waals surface area (Å²) in [6.07, 6.45) is -0.175. The third kappa shape index (κ3) is 4.95. The number of carboxylic acid groups (broad SMARTS) is 1. The number of hydrogen-bond acceptors (Lipinski definition) is 5. The number of carbonyl (C=O) groups is 3. The maximum absolute atomic E-state index is 11.9. The minimum Gasteiger partial charge on any atom is -0.480 e. The van der Waals surface area contributed by atoms with Crippen molar-refractivity contribution in [2.75, 3.05) is 7.11 Å². The van der Waals surface area contributed by atoms with E-state index in [0.29, 0.717) is 5.56 Å². The highest BCUT2D eigenvalue weighted by Crippen LogP contribution is 2.06. The molecule has 0 saturated heterocycles. The van der Waals surface area contributed by atoms with Gasteiger partial charge < -0.3 is 15.2 Å². The maximum Gasteiger partial charge on any atom is 0.326 e. The van der Waals surface area contributed by atoms with Gasteiger partial charge in [-0.1, -0.05) is 0 Å². The lowest BCUT2D eigenvalue weighted by Gasteiger charge is -2.13. The van der Waals surface area contributed by atoms with Gasteiger partial charge in [-0.3, -0.25) is 9.59 Å². The molecule has 0 aliphatic rings. The first-order valence-corrected chi connectivity index (χ1v) is 6.08. The average Bonchev–Trinajstić information content (AvgIpc) is 2.50. The highest BCUT2D eigenvalue weighted by atomic mass is 16.5. The van der Waals surface area contributed by atoms with E-state index in [4.69, 9.17) is 10.4 Å². The van der Waals surface area contributed by atoms with Crippen molar-refractivity contribution in [3.63, 3.8) is 0 Å². The minimum absolute atomic E-state index is 0.0655. The zero-order chi connectivity index (χ0) is 15.8. The fourth-order valence-electron chi connectivity index (χ4n) is 1.56. The number of hydrogen-bond donors (Lipinski definition) is 2. The van der Waals surface area contributed by atoms with Crippen LogP contribution in [0.1, 0.15) is 28.8 Å². The number of benzene rings is 1. The smallest absolute Gasteiger partial charge is 0.326 e. The number of aliphatic carboxylic acids is 1. The van der Waals surface area contributed by atoms with Gasteiger partial charge in [-0.15, -0.1) is 0 Å². The van der Waals surface area contributed by atoms with Crippen molar-refractivity contribution < 1.29 is 24.2 Å². The third-order valence-corrected chi connectivity index (χ3v) is 2.74. The molecule has 0 aliphatic heterocycles. The molecule has 0 aromatic heterocycles. The van der Waals surface area contributed by atoms with Crippen LogP contribution in [-0.2, 0) is 14.3 Å². The summed E-state index contributed by atoms with van der Waals surface area (Å²) < 4.78 is 4.42. The van der Waals surface area contributed by atoms with E-state index in [2.05, 4.69) is 10.1 Å². The monoisotopic (exact) mass is 290 g/mol. The topological polar surface area (TPSA) is 116 Å². The molecule has 110 valence electrons. The molecule has 0 radical (unpaired) electrons. The maximum atomic E-state index is 11.9. The third-order valence-electron chi connectivity index (χ3n) is 2.74. The number of carboxylic acids is 1. The molecule has 21 heavy (non-hydrogen) atoms. The van der Waals surface area contributed by atoms with Crippen LogP contribution in [0.25, 0.3) is 0 Å². The molecule has 0 bridgehead atoms. The largest absolute Gasteiger partial charge is 0.480 e. The number of nitrogens with zero attached hydrogens (tertiary/aromatic N) is 1. The molecule has 0 heterocycles. The lowest BCUT2D eigenvalue weighted by Crippen LogP contribution is -2.41. The first-order chi connectivity index (χ1) is 9.97. The number of nitriles is 1. The van der Waals surface area contributed by atoms with E-state index in [1.807, 2.05) is 6.07 Å². The lowest BCUT2D eigenvalue weighted by atomic mass is 10.1. The zero-order valence-corrected chi connectivity index (χ0v) is 11.3. The molecule has 1 atom stereocenters. The van der Waals surface area contributed by atoms with E-state index in [-0.39, 0.29) is 18.4 Å². The summed E-state index contributed by atoms with van der Waals surface area (Å²) in [6.45, 7) is 0. The Labute approximate surface area is 121 Å². The Bertz CT molecular complexity index is 574. The van der Waals surface area contributed by atoms with Crippen molar-refractivity contribution in [3.8, 4) is 6.07 Å². The quantitative estimate of drug-likeness (QED) is 0.745. The van der Waals surface area contributed by atoms with Gasteiger partial charge in [-0.2, -0.15) is 5.26 Å². The van der Waals surface area contributed by atoms with E-state index < -0.39 is 23.9 Å². The molecule has 0 unspecified atom stereocenters. The zero-order valence-electron chi connectivity index (χ0n) is 11.3. The summed E-state index contributed by atoms with van der Waals surface area (Å²) in [5, 5.41) is 20.0. The van der Waals surface area contributed by atoms with E-state index in [0.717, 1.165) is 0 Å². The van der Waals surface area contributed by atoms with Crippen molar-refractivity contribution in [1.29, 1.82) is 5.26 Å². The second kappa shape index (κ2) is 7.65. The van der Waals surface area contributed by atoms with E-state index in [1.54, 1.807) is 0 Å². The summed E-state index contributed by atoms with van der Waals surface area (Å²) in [5.41, 5.74) is 0.630. The van der Waals surface area contributed by atoms with Crippen LogP contribution in [-0.4, -0.2) is 36.1 Å². The normalized spacial score (nSPS) is 11.0. The molecular weight excluding hydrogens is 276 g/mol. The van der Waals surface area contributed by atoms with Crippen LogP contribution >= 0.6 is 0 Å². The number of methoxy groups -OCH3 is 1. The van der Waals surface area contributed by atoms with Gasteiger partial charge in [-0.25, -0.2) is 4.79 Å². The molecule has 0 aliphatic carbocycles. The summed E-state index contributed by atoms with van der Waals surface area (Å²) >= 11 is 0. The number of amides is 1. The summed E-state index contributed by atoms with van der Waals surface area (Å²) in [4.78, 5) is 34.0. The molecule has 7 heteroatoms. The predicted octanol–water partition coefficient (Wildman–Crippen LogP) is 0.694. The van der Waals surface area contributed by atoms with Gasteiger partial charge in [0.05, 0.1) is 18.7 Å². The van der Waals surface area contributed by atoms with Gasteiger partial charge in [0.1, 0.15) is 6.04 Å². The van der Waals surface area contributed by atoms with Crippen LogP contribution in [0.15, 0.2) is 24.3 Å². The summed E-state index contributed by atoms with van der Waals surface area (Å²) in [7, 11) is 1.20. The predicted molar refractivity (Wildman–Crippen MR) is 71.3 cm³/mol. The van der Waals surface area contributed by atoms with Gasteiger partial charge in [-0.05, 0) is 30.7 Å². The Morgan fingerprint density at radius 3 is 2.43 bits per heavy atom. The standard InChI is InChI=1S/C14H14N2O5/c1-21-12(17)7-6-11(14(19)20)16-13(18)10-4-2-9(8-15)3-5-10/h2-5,11H,6-7H2,1H3,(H,16,18)(H,19,20)/t11-/m0/s1. The van der Waals surface area contributed by atoms with Crippen molar-refractivity contribution in [2.24, 2.45) is 0 Å². The van der Waals surface area contributed by atoms with Gasteiger partial charge in [0.15, 0.2) is 0 Å². The van der Waals surface area contributed by atoms with Crippen molar-refractivity contribution in [2.45, 2.75) is 18.9 Å². The molecule has 0 fully saturated rings. The molecule has 7 nitrogen and oxygen atoms in total. The van der Waals surface area contributed by atoms with Crippen molar-refractivity contribution >= 4 is 17.8 Å². The van der Waals surface area contributed by atoms with Gasteiger partial charge in [0.2, 0.25) is 0 Å². The lowest BCUT2D eigenvalue weighted by molar-refractivity contribution is -0.142. The summed E-state index contributed by atoms with van der Waals surface area (Å²) in [5.74, 6) is -2.37. The van der Waals surface area contributed by atoms with E-state index >= 15 is 0 Å². The number of carbonyl (C=O) groups excluding carboxylic acids is 2. The SMILES string of the molecule is COC(=O)CC[C@H](NC(=O)c1ccc(C#N)cc1)C(=O)O. The molecule has 0 saturated carbocycles. The van der Waals surface area contributed by atoms with Crippen LogP contribution in [0.3, 0.4) is 0 Å². The molecule has 0 spiro atoms. The first-order valence-electron chi connectivity index (χ1n) is 6.08. The molecule has 1 aromatic rings. The number of rotatable bonds is 6.